The van der Waals surface area contributed by atoms with Gasteiger partial charge in [0.1, 0.15) is 21.9 Å². The molecule has 0 spiro atoms. The fourth-order valence-corrected chi connectivity index (χ4v) is 4.28. The molecule has 0 unspecified atom stereocenters. The number of hydrogen-bond donors (Lipinski definition) is 1. The van der Waals surface area contributed by atoms with Crippen LogP contribution < -0.4 is 10.2 Å². The van der Waals surface area contributed by atoms with Crippen molar-refractivity contribution in [2.75, 3.05) is 31.6 Å². The van der Waals surface area contributed by atoms with Crippen LogP contribution in [0.4, 0.5) is 5.82 Å². The predicted octanol–water partition coefficient (Wildman–Crippen LogP) is 2.14. The van der Waals surface area contributed by atoms with Gasteiger partial charge in [-0.3, -0.25) is 4.79 Å². The van der Waals surface area contributed by atoms with E-state index in [0.717, 1.165) is 47.5 Å². The van der Waals surface area contributed by atoms with Crippen LogP contribution in [0, 0.1) is 12.8 Å². The van der Waals surface area contributed by atoms with Gasteiger partial charge in [-0.25, -0.2) is 14.8 Å². The number of nitrogens with zero attached hydrogens (tertiary/aromatic N) is 3. The van der Waals surface area contributed by atoms with Gasteiger partial charge in [0, 0.05) is 26.1 Å². The summed E-state index contributed by atoms with van der Waals surface area (Å²) in [5.74, 6) is 0.679. The lowest BCUT2D eigenvalue weighted by atomic mass is 9.96. The van der Waals surface area contributed by atoms with Gasteiger partial charge in [0.05, 0.1) is 12.0 Å². The third-order valence-corrected chi connectivity index (χ3v) is 5.76. The number of ether oxygens (including phenoxy) is 1. The Morgan fingerprint density at radius 1 is 1.36 bits per heavy atom. The number of fused-ring (bicyclic) bond motifs is 1. The SMILES string of the molecule is CCOC(=O)c1sc2ncnc(N3CCC(C(=O)NC)CC3)c2c1C. The number of esters is 1. The second-order valence-electron chi connectivity index (χ2n) is 6.03. The molecule has 25 heavy (non-hydrogen) atoms. The summed E-state index contributed by atoms with van der Waals surface area (Å²) >= 11 is 1.34. The highest BCUT2D eigenvalue weighted by Crippen LogP contribution is 2.36. The second-order valence-corrected chi connectivity index (χ2v) is 7.03. The summed E-state index contributed by atoms with van der Waals surface area (Å²) in [6, 6.07) is 0. The van der Waals surface area contributed by atoms with Gasteiger partial charge >= 0.3 is 5.97 Å². The van der Waals surface area contributed by atoms with Crippen molar-refractivity contribution < 1.29 is 14.3 Å². The average Bonchev–Trinajstić information content (AvgIpc) is 2.98. The molecule has 2 aromatic rings. The zero-order valence-electron chi connectivity index (χ0n) is 14.7. The molecule has 1 fully saturated rings. The first kappa shape index (κ1) is 17.6. The molecule has 1 saturated heterocycles. The summed E-state index contributed by atoms with van der Waals surface area (Å²) in [5.41, 5.74) is 0.863. The minimum atomic E-state index is -0.313. The van der Waals surface area contributed by atoms with E-state index in [1.54, 1.807) is 14.0 Å². The molecule has 0 aliphatic carbocycles. The van der Waals surface area contributed by atoms with Crippen LogP contribution in [-0.4, -0.2) is 48.6 Å². The average molecular weight is 362 g/mol. The molecule has 1 aliphatic rings. The van der Waals surface area contributed by atoms with Gasteiger partial charge in [-0.15, -0.1) is 11.3 Å². The van der Waals surface area contributed by atoms with Crippen LogP contribution in [0.3, 0.4) is 0 Å². The van der Waals surface area contributed by atoms with Gasteiger partial charge in [0.25, 0.3) is 0 Å². The topological polar surface area (TPSA) is 84.4 Å². The Kier molecular flexibility index (Phi) is 5.17. The Bertz CT molecular complexity index is 797. The van der Waals surface area contributed by atoms with E-state index in [1.165, 1.54) is 17.7 Å². The minimum Gasteiger partial charge on any atom is -0.462 e. The summed E-state index contributed by atoms with van der Waals surface area (Å²) in [5, 5.41) is 3.63. The molecule has 3 heterocycles. The molecule has 0 saturated carbocycles. The molecule has 0 radical (unpaired) electrons. The van der Waals surface area contributed by atoms with Gasteiger partial charge in [0.2, 0.25) is 5.91 Å². The first-order valence-electron chi connectivity index (χ1n) is 8.44. The van der Waals surface area contributed by atoms with Crippen LogP contribution in [0.5, 0.6) is 0 Å². The maximum atomic E-state index is 12.2. The Hall–Kier alpha value is -2.22. The van der Waals surface area contributed by atoms with Crippen LogP contribution in [0.2, 0.25) is 0 Å². The van der Waals surface area contributed by atoms with Gasteiger partial charge in [-0.05, 0) is 32.3 Å². The number of piperidine rings is 1. The molecule has 1 aliphatic heterocycles. The van der Waals surface area contributed by atoms with Crippen LogP contribution >= 0.6 is 11.3 Å². The normalized spacial score (nSPS) is 15.4. The van der Waals surface area contributed by atoms with E-state index in [1.807, 2.05) is 6.92 Å². The minimum absolute atomic E-state index is 0.0530. The molecular weight excluding hydrogens is 340 g/mol. The largest absolute Gasteiger partial charge is 0.462 e. The zero-order valence-corrected chi connectivity index (χ0v) is 15.5. The molecule has 1 amide bonds. The Morgan fingerprint density at radius 3 is 2.72 bits per heavy atom. The molecule has 0 bridgehead atoms. The summed E-state index contributed by atoms with van der Waals surface area (Å²) in [7, 11) is 1.67. The summed E-state index contributed by atoms with van der Waals surface area (Å²) in [6.45, 7) is 5.57. The molecule has 8 heteroatoms. The van der Waals surface area contributed by atoms with Crippen molar-refractivity contribution in [3.8, 4) is 0 Å². The molecule has 0 aromatic carbocycles. The summed E-state index contributed by atoms with van der Waals surface area (Å²) in [6.07, 6.45) is 3.12. The fraction of sp³-hybridized carbons (Fsp3) is 0.529. The molecular formula is C17H22N4O3S. The van der Waals surface area contributed by atoms with E-state index in [2.05, 4.69) is 20.2 Å². The highest BCUT2D eigenvalue weighted by Gasteiger charge is 2.28. The van der Waals surface area contributed by atoms with Crippen molar-refractivity contribution in [2.24, 2.45) is 5.92 Å². The number of rotatable bonds is 4. The van der Waals surface area contributed by atoms with E-state index < -0.39 is 0 Å². The standard InChI is InChI=1S/C17H22N4O3S/c1-4-24-17(23)13-10(2)12-14(19-9-20-16(12)25-13)21-7-5-11(6-8-21)15(22)18-3/h9,11H,4-8H2,1-3H3,(H,18,22). The predicted molar refractivity (Wildman–Crippen MR) is 97.1 cm³/mol. The highest BCUT2D eigenvalue weighted by atomic mass is 32.1. The Labute approximate surface area is 150 Å². The third-order valence-electron chi connectivity index (χ3n) is 4.58. The fourth-order valence-electron chi connectivity index (χ4n) is 3.24. The number of carbonyl (C=O) groups excluding carboxylic acids is 2. The number of hydrogen-bond acceptors (Lipinski definition) is 7. The van der Waals surface area contributed by atoms with E-state index >= 15 is 0 Å². The molecule has 2 aromatic heterocycles. The van der Waals surface area contributed by atoms with Crippen molar-refractivity contribution >= 4 is 39.2 Å². The molecule has 1 N–H and O–H groups in total. The molecule has 3 rings (SSSR count). The number of anilines is 1. The van der Waals surface area contributed by atoms with Crippen LogP contribution in [-0.2, 0) is 9.53 Å². The molecule has 7 nitrogen and oxygen atoms in total. The summed E-state index contributed by atoms with van der Waals surface area (Å²) < 4.78 is 5.14. The number of aromatic nitrogens is 2. The van der Waals surface area contributed by atoms with Crippen molar-refractivity contribution in [1.82, 2.24) is 15.3 Å². The van der Waals surface area contributed by atoms with E-state index in [4.69, 9.17) is 4.74 Å². The lowest BCUT2D eigenvalue weighted by Gasteiger charge is -2.32. The first-order valence-corrected chi connectivity index (χ1v) is 9.26. The monoisotopic (exact) mass is 362 g/mol. The van der Waals surface area contributed by atoms with Crippen molar-refractivity contribution in [3.05, 3.63) is 16.8 Å². The number of aryl methyl sites for hydroxylation is 1. The highest BCUT2D eigenvalue weighted by molar-refractivity contribution is 7.20. The zero-order chi connectivity index (χ0) is 18.0. The van der Waals surface area contributed by atoms with Crippen LogP contribution in [0.25, 0.3) is 10.2 Å². The molecule has 0 atom stereocenters. The van der Waals surface area contributed by atoms with E-state index in [9.17, 15) is 9.59 Å². The maximum absolute atomic E-state index is 12.2. The summed E-state index contributed by atoms with van der Waals surface area (Å²) in [4.78, 5) is 36.3. The van der Waals surface area contributed by atoms with Crippen LogP contribution in [0.15, 0.2) is 6.33 Å². The van der Waals surface area contributed by atoms with Gasteiger partial charge in [0.15, 0.2) is 0 Å². The Balaban J connectivity index is 1.90. The number of carbonyl (C=O) groups is 2. The second kappa shape index (κ2) is 7.35. The third kappa shape index (κ3) is 3.30. The number of amides is 1. The smallest absolute Gasteiger partial charge is 0.348 e. The number of thiophene rings is 1. The van der Waals surface area contributed by atoms with Crippen molar-refractivity contribution in [3.63, 3.8) is 0 Å². The van der Waals surface area contributed by atoms with Gasteiger partial charge in [-0.1, -0.05) is 0 Å². The lowest BCUT2D eigenvalue weighted by molar-refractivity contribution is -0.125. The first-order chi connectivity index (χ1) is 12.1. The van der Waals surface area contributed by atoms with Crippen molar-refractivity contribution in [2.45, 2.75) is 26.7 Å². The quantitative estimate of drug-likeness (QED) is 0.839. The molecule has 134 valence electrons. The van der Waals surface area contributed by atoms with E-state index in [-0.39, 0.29) is 17.8 Å². The number of nitrogens with one attached hydrogen (secondary N) is 1. The van der Waals surface area contributed by atoms with Gasteiger partial charge in [-0.2, -0.15) is 0 Å². The lowest BCUT2D eigenvalue weighted by Crippen LogP contribution is -2.40. The maximum Gasteiger partial charge on any atom is 0.348 e. The van der Waals surface area contributed by atoms with Crippen LogP contribution in [0.1, 0.15) is 35.0 Å². The Morgan fingerprint density at radius 2 is 2.08 bits per heavy atom. The van der Waals surface area contributed by atoms with Gasteiger partial charge < -0.3 is 15.0 Å². The van der Waals surface area contributed by atoms with Crippen molar-refractivity contribution in [1.29, 1.82) is 0 Å². The van der Waals surface area contributed by atoms with E-state index in [0.29, 0.717) is 11.5 Å².